The number of hydrogen-bond donors (Lipinski definition) is 2. The van der Waals surface area contributed by atoms with Crippen LogP contribution in [0.5, 0.6) is 11.5 Å². The lowest BCUT2D eigenvalue weighted by Crippen LogP contribution is -2.36. The summed E-state index contributed by atoms with van der Waals surface area (Å²) in [6, 6.07) is 14.1. The van der Waals surface area contributed by atoms with Gasteiger partial charge in [-0.1, -0.05) is 23.8 Å². The number of ether oxygens (including phenoxy) is 2. The van der Waals surface area contributed by atoms with E-state index in [1.54, 1.807) is 6.26 Å². The van der Waals surface area contributed by atoms with Gasteiger partial charge in [-0.2, -0.15) is 0 Å². The first kappa shape index (κ1) is 20.8. The number of guanidine groups is 1. The molecule has 3 aromatic rings. The minimum Gasteiger partial charge on any atom is -0.490 e. The van der Waals surface area contributed by atoms with Crippen molar-refractivity contribution in [1.82, 2.24) is 15.6 Å². The van der Waals surface area contributed by atoms with Gasteiger partial charge in [-0.3, -0.25) is 0 Å². The van der Waals surface area contributed by atoms with Crippen LogP contribution in [-0.2, 0) is 13.1 Å². The monoisotopic (exact) mass is 420 g/mol. The van der Waals surface area contributed by atoms with Crippen molar-refractivity contribution in [3.8, 4) is 23.0 Å². The van der Waals surface area contributed by atoms with E-state index in [1.165, 1.54) is 5.56 Å². The molecule has 0 saturated heterocycles. The normalized spacial score (nSPS) is 13.5. The van der Waals surface area contributed by atoms with Crippen molar-refractivity contribution in [1.29, 1.82) is 0 Å². The van der Waals surface area contributed by atoms with Gasteiger partial charge in [0.2, 0.25) is 5.89 Å². The van der Waals surface area contributed by atoms with Crippen LogP contribution in [0, 0.1) is 6.92 Å². The molecule has 0 aliphatic carbocycles. The Morgan fingerprint density at radius 3 is 2.65 bits per heavy atom. The molecule has 0 radical (unpaired) electrons. The molecule has 1 aromatic heterocycles. The van der Waals surface area contributed by atoms with Crippen molar-refractivity contribution in [3.63, 3.8) is 0 Å². The van der Waals surface area contributed by atoms with Gasteiger partial charge in [0.15, 0.2) is 17.5 Å². The summed E-state index contributed by atoms with van der Waals surface area (Å²) in [7, 11) is 0. The maximum absolute atomic E-state index is 5.77. The van der Waals surface area contributed by atoms with E-state index in [2.05, 4.69) is 27.5 Å². The summed E-state index contributed by atoms with van der Waals surface area (Å²) in [5.41, 5.74) is 4.05. The van der Waals surface area contributed by atoms with Gasteiger partial charge < -0.3 is 24.5 Å². The molecule has 7 nitrogen and oxygen atoms in total. The second-order valence-electron chi connectivity index (χ2n) is 7.39. The van der Waals surface area contributed by atoms with E-state index in [-0.39, 0.29) is 0 Å². The Kier molecular flexibility index (Phi) is 6.72. The molecule has 0 saturated carbocycles. The molecule has 2 heterocycles. The van der Waals surface area contributed by atoms with Crippen LogP contribution in [0.2, 0.25) is 0 Å². The Hall–Kier alpha value is -3.48. The second-order valence-corrected chi connectivity index (χ2v) is 7.39. The number of oxazole rings is 1. The third kappa shape index (κ3) is 5.57. The molecule has 2 N–H and O–H groups in total. The van der Waals surface area contributed by atoms with Gasteiger partial charge in [-0.05, 0) is 43.7 Å². The van der Waals surface area contributed by atoms with Gasteiger partial charge in [0.05, 0.1) is 32.0 Å². The van der Waals surface area contributed by atoms with E-state index in [9.17, 15) is 0 Å². The lowest BCUT2D eigenvalue weighted by Gasteiger charge is -2.11. The lowest BCUT2D eigenvalue weighted by atomic mass is 10.1. The first-order chi connectivity index (χ1) is 15.2. The summed E-state index contributed by atoms with van der Waals surface area (Å²) in [5.74, 6) is 2.92. The van der Waals surface area contributed by atoms with Crippen LogP contribution < -0.4 is 20.1 Å². The summed E-state index contributed by atoms with van der Waals surface area (Å²) >= 11 is 0. The molecule has 0 spiro atoms. The predicted molar refractivity (Wildman–Crippen MR) is 120 cm³/mol. The van der Waals surface area contributed by atoms with E-state index in [0.29, 0.717) is 32.2 Å². The number of fused-ring (bicyclic) bond motifs is 1. The molecular weight excluding hydrogens is 392 g/mol. The summed E-state index contributed by atoms with van der Waals surface area (Å²) in [6.07, 6.45) is 2.57. The van der Waals surface area contributed by atoms with Gasteiger partial charge in [0, 0.05) is 18.5 Å². The van der Waals surface area contributed by atoms with Gasteiger partial charge in [-0.25, -0.2) is 9.98 Å². The Morgan fingerprint density at radius 2 is 1.84 bits per heavy atom. The molecular formula is C24H28N4O3. The summed E-state index contributed by atoms with van der Waals surface area (Å²) in [6.45, 7) is 7.26. The number of hydrogen-bond acceptors (Lipinski definition) is 5. The zero-order valence-electron chi connectivity index (χ0n) is 18.0. The second kappa shape index (κ2) is 10.0. The van der Waals surface area contributed by atoms with Crippen molar-refractivity contribution in [3.05, 3.63) is 65.5 Å². The molecule has 31 heavy (non-hydrogen) atoms. The number of aromatic nitrogens is 1. The van der Waals surface area contributed by atoms with Crippen molar-refractivity contribution >= 4 is 5.96 Å². The fourth-order valence-corrected chi connectivity index (χ4v) is 3.21. The molecule has 0 bridgehead atoms. The van der Waals surface area contributed by atoms with Crippen LogP contribution in [-0.4, -0.2) is 30.7 Å². The van der Waals surface area contributed by atoms with Crippen molar-refractivity contribution in [2.75, 3.05) is 19.8 Å². The molecule has 0 amide bonds. The molecule has 4 rings (SSSR count). The van der Waals surface area contributed by atoms with Crippen LogP contribution in [0.4, 0.5) is 0 Å². The van der Waals surface area contributed by atoms with E-state index >= 15 is 0 Å². The first-order valence-corrected chi connectivity index (χ1v) is 10.6. The van der Waals surface area contributed by atoms with Gasteiger partial charge in [0.25, 0.3) is 0 Å². The highest BCUT2D eigenvalue weighted by molar-refractivity contribution is 5.79. The van der Waals surface area contributed by atoms with Crippen LogP contribution >= 0.6 is 0 Å². The Labute approximate surface area is 182 Å². The zero-order valence-corrected chi connectivity index (χ0v) is 18.0. The van der Waals surface area contributed by atoms with Crippen molar-refractivity contribution < 1.29 is 13.9 Å². The zero-order chi connectivity index (χ0) is 21.5. The fourth-order valence-electron chi connectivity index (χ4n) is 3.21. The highest BCUT2D eigenvalue weighted by Crippen LogP contribution is 2.30. The van der Waals surface area contributed by atoms with E-state index < -0.39 is 0 Å². The average Bonchev–Trinajstić information content (AvgIpc) is 3.13. The van der Waals surface area contributed by atoms with Crippen LogP contribution in [0.25, 0.3) is 11.5 Å². The number of nitrogens with one attached hydrogen (secondary N) is 2. The average molecular weight is 421 g/mol. The smallest absolute Gasteiger partial charge is 0.226 e. The quantitative estimate of drug-likeness (QED) is 0.462. The summed E-state index contributed by atoms with van der Waals surface area (Å²) < 4.78 is 17.1. The van der Waals surface area contributed by atoms with Crippen molar-refractivity contribution in [2.45, 2.75) is 33.4 Å². The maximum atomic E-state index is 5.77. The Bertz CT molecular complexity index is 1030. The molecule has 0 atom stereocenters. The minimum absolute atomic E-state index is 0.516. The van der Waals surface area contributed by atoms with E-state index in [4.69, 9.17) is 13.9 Å². The molecule has 2 aromatic carbocycles. The molecule has 1 aliphatic rings. The number of aryl methyl sites for hydroxylation is 1. The van der Waals surface area contributed by atoms with Crippen LogP contribution in [0.3, 0.4) is 0 Å². The molecule has 1 aliphatic heterocycles. The van der Waals surface area contributed by atoms with E-state index in [1.807, 2.05) is 49.4 Å². The highest BCUT2D eigenvalue weighted by Gasteiger charge is 2.11. The number of benzene rings is 2. The van der Waals surface area contributed by atoms with Crippen LogP contribution in [0.1, 0.15) is 30.2 Å². The van der Waals surface area contributed by atoms with Gasteiger partial charge in [0.1, 0.15) is 6.26 Å². The van der Waals surface area contributed by atoms with Gasteiger partial charge >= 0.3 is 0 Å². The van der Waals surface area contributed by atoms with E-state index in [0.717, 1.165) is 47.2 Å². The van der Waals surface area contributed by atoms with Gasteiger partial charge in [-0.15, -0.1) is 0 Å². The molecule has 7 heteroatoms. The summed E-state index contributed by atoms with van der Waals surface area (Å²) in [5, 5.41) is 6.58. The predicted octanol–water partition coefficient (Wildman–Crippen LogP) is 4.07. The fraction of sp³-hybridized carbons (Fsp3) is 0.333. The lowest BCUT2D eigenvalue weighted by molar-refractivity contribution is 0.297. The van der Waals surface area contributed by atoms with Crippen LogP contribution in [0.15, 0.2) is 58.1 Å². The third-order valence-corrected chi connectivity index (χ3v) is 4.86. The molecule has 162 valence electrons. The standard InChI is InChI=1S/C24H28N4O3/c1-3-25-24(26-14-18-7-10-21-22(13-18)30-12-4-11-29-21)27-15-20-16-31-23(28-20)19-8-5-17(2)6-9-19/h5-10,13,16H,3-4,11-12,14-15H2,1-2H3,(H2,25,26,27). The first-order valence-electron chi connectivity index (χ1n) is 10.6. The number of nitrogens with zero attached hydrogens (tertiary/aromatic N) is 2. The topological polar surface area (TPSA) is 80.9 Å². The summed E-state index contributed by atoms with van der Waals surface area (Å²) in [4.78, 5) is 9.26. The number of rotatable bonds is 6. The SMILES string of the molecule is CCNC(=NCc1ccc2c(c1)OCCCO2)NCc1coc(-c2ccc(C)cc2)n1. The Balaban J connectivity index is 1.38. The number of aliphatic imine (C=N–C) groups is 1. The largest absolute Gasteiger partial charge is 0.490 e. The molecule has 0 unspecified atom stereocenters. The third-order valence-electron chi connectivity index (χ3n) is 4.86. The maximum Gasteiger partial charge on any atom is 0.226 e. The molecule has 0 fully saturated rings. The minimum atomic E-state index is 0.516. The van der Waals surface area contributed by atoms with Crippen molar-refractivity contribution in [2.24, 2.45) is 4.99 Å². The Morgan fingerprint density at radius 1 is 1.03 bits per heavy atom. The highest BCUT2D eigenvalue weighted by atomic mass is 16.5.